The van der Waals surface area contributed by atoms with Gasteiger partial charge in [0.15, 0.2) is 0 Å². The van der Waals surface area contributed by atoms with E-state index in [0.717, 1.165) is 22.3 Å². The van der Waals surface area contributed by atoms with Crippen molar-refractivity contribution in [2.45, 2.75) is 20.0 Å². The minimum Gasteiger partial charge on any atom is -0.347 e. The summed E-state index contributed by atoms with van der Waals surface area (Å²) in [5, 5.41) is 3.45. The number of hydrogen-bond acceptors (Lipinski definition) is 3. The molecule has 0 unspecified atom stereocenters. The van der Waals surface area contributed by atoms with Gasteiger partial charge in [0.25, 0.3) is 5.91 Å². The Bertz CT molecular complexity index is 1000. The van der Waals surface area contributed by atoms with E-state index in [0.29, 0.717) is 23.8 Å². The molecule has 1 N–H and O–H groups in total. The van der Waals surface area contributed by atoms with Crippen LogP contribution in [0, 0.1) is 0 Å². The number of carbonyl (C=O) groups is 2. The van der Waals surface area contributed by atoms with E-state index < -0.39 is 0 Å². The fourth-order valence-electron chi connectivity index (χ4n) is 2.79. The maximum absolute atomic E-state index is 12.3. The number of pyridine rings is 1. The van der Waals surface area contributed by atoms with E-state index in [-0.39, 0.29) is 11.8 Å². The number of rotatable bonds is 6. The smallest absolute Gasteiger partial charge is 0.270 e. The second-order valence-electron chi connectivity index (χ2n) is 6.78. The van der Waals surface area contributed by atoms with Gasteiger partial charge in [0.1, 0.15) is 5.69 Å². The van der Waals surface area contributed by atoms with Gasteiger partial charge in [0.2, 0.25) is 5.91 Å². The van der Waals surface area contributed by atoms with Gasteiger partial charge in [-0.25, -0.2) is 0 Å². The Morgan fingerprint density at radius 3 is 2.38 bits per heavy atom. The normalized spacial score (nSPS) is 10.4. The van der Waals surface area contributed by atoms with Crippen molar-refractivity contribution in [1.82, 2.24) is 15.2 Å². The van der Waals surface area contributed by atoms with Gasteiger partial charge in [-0.2, -0.15) is 0 Å². The lowest BCUT2D eigenvalue weighted by molar-refractivity contribution is -0.128. The molecule has 148 valence electrons. The lowest BCUT2D eigenvalue weighted by Crippen LogP contribution is -2.23. The van der Waals surface area contributed by atoms with Crippen LogP contribution in [0.25, 0.3) is 11.1 Å². The summed E-state index contributed by atoms with van der Waals surface area (Å²) in [7, 11) is 1.73. The maximum atomic E-state index is 12.3. The Morgan fingerprint density at radius 1 is 1.03 bits per heavy atom. The molecule has 0 aliphatic carbocycles. The lowest BCUT2D eigenvalue weighted by Gasteiger charge is -2.16. The first-order chi connectivity index (χ1) is 13.9. The average Bonchev–Trinajstić information content (AvgIpc) is 2.74. The van der Waals surface area contributed by atoms with Crippen LogP contribution < -0.4 is 5.32 Å². The van der Waals surface area contributed by atoms with Crippen LogP contribution in [-0.2, 0) is 17.9 Å². The van der Waals surface area contributed by atoms with Gasteiger partial charge in [-0.3, -0.25) is 14.6 Å². The molecule has 5 nitrogen and oxygen atoms in total. The van der Waals surface area contributed by atoms with E-state index in [4.69, 9.17) is 11.6 Å². The van der Waals surface area contributed by atoms with E-state index >= 15 is 0 Å². The Morgan fingerprint density at radius 2 is 1.76 bits per heavy atom. The van der Waals surface area contributed by atoms with Crippen molar-refractivity contribution < 1.29 is 9.59 Å². The molecule has 2 amide bonds. The molecule has 0 aliphatic rings. The standard InChI is InChI=1S/C23H22ClN3O2/c1-16(28)27(2)15-20-9-8-18(12-21(20)24)19-10-11-22(25-14-19)23(29)26-13-17-6-4-3-5-7-17/h3-12,14H,13,15H2,1-2H3,(H,26,29). The molecule has 3 aromatic rings. The topological polar surface area (TPSA) is 62.3 Å². The Labute approximate surface area is 175 Å². The molecule has 0 atom stereocenters. The predicted molar refractivity (Wildman–Crippen MR) is 114 cm³/mol. The maximum Gasteiger partial charge on any atom is 0.270 e. The second-order valence-corrected chi connectivity index (χ2v) is 7.19. The molecule has 6 heteroatoms. The summed E-state index contributed by atoms with van der Waals surface area (Å²) in [5.41, 5.74) is 4.02. The quantitative estimate of drug-likeness (QED) is 0.662. The van der Waals surface area contributed by atoms with Crippen molar-refractivity contribution in [3.63, 3.8) is 0 Å². The van der Waals surface area contributed by atoms with Crippen molar-refractivity contribution >= 4 is 23.4 Å². The van der Waals surface area contributed by atoms with Crippen molar-refractivity contribution in [2.24, 2.45) is 0 Å². The molecule has 0 aliphatic heterocycles. The molecule has 0 radical (unpaired) electrons. The molecule has 0 spiro atoms. The molecule has 1 aromatic heterocycles. The average molecular weight is 408 g/mol. The van der Waals surface area contributed by atoms with Gasteiger partial charge in [-0.15, -0.1) is 0 Å². The number of hydrogen-bond donors (Lipinski definition) is 1. The van der Waals surface area contributed by atoms with Crippen LogP contribution in [0.2, 0.25) is 5.02 Å². The van der Waals surface area contributed by atoms with Gasteiger partial charge in [0, 0.05) is 43.8 Å². The van der Waals surface area contributed by atoms with Gasteiger partial charge in [-0.1, -0.05) is 60.1 Å². The first kappa shape index (κ1) is 20.6. The lowest BCUT2D eigenvalue weighted by atomic mass is 10.0. The van der Waals surface area contributed by atoms with Crippen LogP contribution in [-0.4, -0.2) is 28.7 Å². The van der Waals surface area contributed by atoms with Gasteiger partial charge in [0.05, 0.1) is 0 Å². The highest BCUT2D eigenvalue weighted by molar-refractivity contribution is 6.31. The summed E-state index contributed by atoms with van der Waals surface area (Å²) in [6, 6.07) is 18.9. The summed E-state index contributed by atoms with van der Waals surface area (Å²) in [5.74, 6) is -0.239. The highest BCUT2D eigenvalue weighted by Crippen LogP contribution is 2.26. The third-order valence-corrected chi connectivity index (χ3v) is 4.98. The van der Waals surface area contributed by atoms with Crippen LogP contribution in [0.15, 0.2) is 66.9 Å². The Balaban J connectivity index is 1.67. The van der Waals surface area contributed by atoms with Crippen molar-refractivity contribution in [2.75, 3.05) is 7.05 Å². The minimum absolute atomic E-state index is 0.0181. The third kappa shape index (κ3) is 5.42. The molecule has 29 heavy (non-hydrogen) atoms. The molecule has 0 fully saturated rings. The van der Waals surface area contributed by atoms with Crippen LogP contribution in [0.1, 0.15) is 28.5 Å². The zero-order valence-electron chi connectivity index (χ0n) is 16.4. The zero-order valence-corrected chi connectivity index (χ0v) is 17.1. The number of halogens is 1. The molecule has 3 rings (SSSR count). The minimum atomic E-state index is -0.221. The van der Waals surface area contributed by atoms with E-state index in [1.165, 1.54) is 6.92 Å². The SMILES string of the molecule is CC(=O)N(C)Cc1ccc(-c2ccc(C(=O)NCc3ccccc3)nc2)cc1Cl. The summed E-state index contributed by atoms with van der Waals surface area (Å²) in [6.07, 6.45) is 1.66. The summed E-state index contributed by atoms with van der Waals surface area (Å²) < 4.78 is 0. The molecule has 2 aromatic carbocycles. The second kappa shape index (κ2) is 9.34. The van der Waals surface area contributed by atoms with Crippen LogP contribution >= 0.6 is 11.6 Å². The fourth-order valence-corrected chi connectivity index (χ4v) is 3.03. The van der Waals surface area contributed by atoms with Crippen molar-refractivity contribution in [3.05, 3.63) is 88.7 Å². The van der Waals surface area contributed by atoms with E-state index in [9.17, 15) is 9.59 Å². The molecular formula is C23H22ClN3O2. The van der Waals surface area contributed by atoms with E-state index in [1.807, 2.05) is 54.6 Å². The first-order valence-electron chi connectivity index (χ1n) is 9.22. The van der Waals surface area contributed by atoms with Crippen LogP contribution in [0.5, 0.6) is 0 Å². The van der Waals surface area contributed by atoms with Crippen molar-refractivity contribution in [1.29, 1.82) is 0 Å². The highest BCUT2D eigenvalue weighted by Gasteiger charge is 2.10. The van der Waals surface area contributed by atoms with E-state index in [1.54, 1.807) is 24.2 Å². The number of nitrogens with zero attached hydrogens (tertiary/aromatic N) is 2. The number of nitrogens with one attached hydrogen (secondary N) is 1. The zero-order chi connectivity index (χ0) is 20.8. The Kier molecular flexibility index (Phi) is 6.62. The summed E-state index contributed by atoms with van der Waals surface area (Å²) in [4.78, 5) is 29.6. The highest BCUT2D eigenvalue weighted by atomic mass is 35.5. The Hall–Kier alpha value is -3.18. The van der Waals surface area contributed by atoms with Crippen LogP contribution in [0.3, 0.4) is 0 Å². The van der Waals surface area contributed by atoms with Gasteiger partial charge >= 0.3 is 0 Å². The number of amides is 2. The van der Waals surface area contributed by atoms with Crippen LogP contribution in [0.4, 0.5) is 0 Å². The molecule has 0 bridgehead atoms. The number of carbonyl (C=O) groups excluding carboxylic acids is 2. The number of aromatic nitrogens is 1. The largest absolute Gasteiger partial charge is 0.347 e. The molecule has 1 heterocycles. The summed E-state index contributed by atoms with van der Waals surface area (Å²) >= 11 is 6.39. The molecule has 0 saturated heterocycles. The summed E-state index contributed by atoms with van der Waals surface area (Å²) in [6.45, 7) is 2.42. The first-order valence-corrected chi connectivity index (χ1v) is 9.60. The van der Waals surface area contributed by atoms with Gasteiger partial charge in [-0.05, 0) is 28.8 Å². The number of benzene rings is 2. The molecule has 0 saturated carbocycles. The molecular weight excluding hydrogens is 386 g/mol. The predicted octanol–water partition coefficient (Wildman–Crippen LogP) is 4.31. The third-order valence-electron chi connectivity index (χ3n) is 4.62. The monoisotopic (exact) mass is 407 g/mol. The van der Waals surface area contributed by atoms with Crippen molar-refractivity contribution in [3.8, 4) is 11.1 Å². The fraction of sp³-hybridized carbons (Fsp3) is 0.174. The van der Waals surface area contributed by atoms with E-state index in [2.05, 4.69) is 10.3 Å². The van der Waals surface area contributed by atoms with Gasteiger partial charge < -0.3 is 10.2 Å².